The van der Waals surface area contributed by atoms with Gasteiger partial charge in [0.05, 0.1) is 6.54 Å². The number of carbonyl (C=O) groups is 1. The third-order valence-corrected chi connectivity index (χ3v) is 2.99. The highest BCUT2D eigenvalue weighted by atomic mass is 19.1. The zero-order chi connectivity index (χ0) is 15.1. The van der Waals surface area contributed by atoms with Crippen molar-refractivity contribution in [2.24, 2.45) is 0 Å². The summed E-state index contributed by atoms with van der Waals surface area (Å²) in [5.41, 5.74) is 0.838. The molecule has 0 bridgehead atoms. The Morgan fingerprint density at radius 3 is 2.67 bits per heavy atom. The minimum Gasteiger partial charge on any atom is -0.460 e. The summed E-state index contributed by atoms with van der Waals surface area (Å²) in [6.07, 6.45) is 0.444. The number of carbonyl (C=O) groups excluding carboxylic acids is 1. The zero-order valence-corrected chi connectivity index (χ0v) is 12.0. The summed E-state index contributed by atoms with van der Waals surface area (Å²) in [4.78, 5) is 11.3. The molecule has 0 radical (unpaired) electrons. The van der Waals surface area contributed by atoms with Gasteiger partial charge in [0.25, 0.3) is 0 Å². The van der Waals surface area contributed by atoms with E-state index in [9.17, 15) is 9.18 Å². The molecule has 21 heavy (non-hydrogen) atoms. The normalized spacial score (nSPS) is 10.6. The number of hydrogen-bond acceptors (Lipinski definition) is 3. The van der Waals surface area contributed by atoms with Crippen molar-refractivity contribution >= 4 is 5.91 Å². The zero-order valence-electron chi connectivity index (χ0n) is 12.0. The molecule has 2 rings (SSSR count). The molecule has 1 aromatic heterocycles. The number of hydrogen-bond donors (Lipinski definition) is 2. The Bertz CT molecular complexity index is 578. The fourth-order valence-electron chi connectivity index (χ4n) is 1.94. The Morgan fingerprint density at radius 2 is 1.95 bits per heavy atom. The lowest BCUT2D eigenvalue weighted by molar-refractivity contribution is -0.120. The van der Waals surface area contributed by atoms with Gasteiger partial charge in [-0.1, -0.05) is 0 Å². The van der Waals surface area contributed by atoms with Crippen molar-refractivity contribution in [2.75, 3.05) is 13.1 Å². The van der Waals surface area contributed by atoms with Crippen LogP contribution in [0.2, 0.25) is 0 Å². The fourth-order valence-corrected chi connectivity index (χ4v) is 1.94. The van der Waals surface area contributed by atoms with Gasteiger partial charge in [0.15, 0.2) is 0 Å². The molecular formula is C16H19FN2O2. The molecule has 5 heteroatoms. The Kier molecular flexibility index (Phi) is 5.51. The van der Waals surface area contributed by atoms with Crippen molar-refractivity contribution in [1.29, 1.82) is 0 Å². The molecule has 0 saturated carbocycles. The third-order valence-electron chi connectivity index (χ3n) is 2.99. The van der Waals surface area contributed by atoms with Gasteiger partial charge in [-0.2, -0.15) is 0 Å². The van der Waals surface area contributed by atoms with Crippen LogP contribution in [-0.2, 0) is 11.3 Å². The Hall–Kier alpha value is -2.14. The minimum absolute atomic E-state index is 0.0384. The van der Waals surface area contributed by atoms with E-state index in [0.717, 1.165) is 11.3 Å². The van der Waals surface area contributed by atoms with E-state index in [1.54, 1.807) is 12.1 Å². The van der Waals surface area contributed by atoms with E-state index in [-0.39, 0.29) is 11.7 Å². The van der Waals surface area contributed by atoms with Crippen LogP contribution in [-0.4, -0.2) is 19.0 Å². The molecule has 0 unspecified atom stereocenters. The first-order chi connectivity index (χ1) is 10.2. The van der Waals surface area contributed by atoms with Crippen LogP contribution in [0.15, 0.2) is 40.8 Å². The topological polar surface area (TPSA) is 54.3 Å². The monoisotopic (exact) mass is 290 g/mol. The van der Waals surface area contributed by atoms with E-state index in [0.29, 0.717) is 31.8 Å². The molecule has 2 aromatic rings. The van der Waals surface area contributed by atoms with Gasteiger partial charge in [0, 0.05) is 25.1 Å². The summed E-state index contributed by atoms with van der Waals surface area (Å²) in [5, 5.41) is 5.89. The molecule has 1 aromatic carbocycles. The summed E-state index contributed by atoms with van der Waals surface area (Å²) in [5.74, 6) is 1.26. The number of halogens is 1. The van der Waals surface area contributed by atoms with Crippen LogP contribution in [0.1, 0.15) is 19.1 Å². The van der Waals surface area contributed by atoms with Crippen molar-refractivity contribution in [2.45, 2.75) is 19.9 Å². The summed E-state index contributed by atoms with van der Waals surface area (Å²) in [7, 11) is 0. The van der Waals surface area contributed by atoms with Crippen LogP contribution in [0.5, 0.6) is 0 Å². The van der Waals surface area contributed by atoms with Crippen molar-refractivity contribution in [3.8, 4) is 11.3 Å². The first kappa shape index (κ1) is 15.3. The molecule has 0 spiro atoms. The average Bonchev–Trinajstić information content (AvgIpc) is 2.93. The van der Waals surface area contributed by atoms with Crippen molar-refractivity contribution in [3.63, 3.8) is 0 Å². The predicted octanol–water partition coefficient (Wildman–Crippen LogP) is 2.70. The lowest BCUT2D eigenvalue weighted by atomic mass is 10.2. The third kappa shape index (κ3) is 4.72. The number of nitrogens with one attached hydrogen (secondary N) is 2. The highest BCUT2D eigenvalue weighted by molar-refractivity contribution is 5.75. The number of benzene rings is 1. The number of furan rings is 1. The van der Waals surface area contributed by atoms with Gasteiger partial charge in [-0.25, -0.2) is 4.39 Å². The van der Waals surface area contributed by atoms with Crippen LogP contribution >= 0.6 is 0 Å². The molecular weight excluding hydrogens is 271 g/mol. The molecule has 0 atom stereocenters. The second-order valence-electron chi connectivity index (χ2n) is 4.65. The van der Waals surface area contributed by atoms with Crippen LogP contribution < -0.4 is 10.6 Å². The van der Waals surface area contributed by atoms with E-state index < -0.39 is 0 Å². The quantitative estimate of drug-likeness (QED) is 0.771. The molecule has 4 nitrogen and oxygen atoms in total. The van der Waals surface area contributed by atoms with E-state index in [1.165, 1.54) is 12.1 Å². The van der Waals surface area contributed by atoms with Crippen LogP contribution in [0, 0.1) is 5.82 Å². The van der Waals surface area contributed by atoms with E-state index in [1.807, 2.05) is 19.1 Å². The second-order valence-corrected chi connectivity index (χ2v) is 4.65. The van der Waals surface area contributed by atoms with Crippen molar-refractivity contribution < 1.29 is 13.6 Å². The van der Waals surface area contributed by atoms with Gasteiger partial charge in [0.1, 0.15) is 17.3 Å². The largest absolute Gasteiger partial charge is 0.460 e. The summed E-state index contributed by atoms with van der Waals surface area (Å²) in [6.45, 7) is 3.70. The van der Waals surface area contributed by atoms with Gasteiger partial charge in [-0.15, -0.1) is 0 Å². The molecule has 2 N–H and O–H groups in total. The number of rotatable bonds is 7. The Labute approximate surface area is 123 Å². The first-order valence-corrected chi connectivity index (χ1v) is 7.01. The Morgan fingerprint density at radius 1 is 1.19 bits per heavy atom. The summed E-state index contributed by atoms with van der Waals surface area (Å²) >= 11 is 0. The smallest absolute Gasteiger partial charge is 0.221 e. The maximum Gasteiger partial charge on any atom is 0.221 e. The minimum atomic E-state index is -0.266. The fraction of sp³-hybridized carbons (Fsp3) is 0.312. The van der Waals surface area contributed by atoms with E-state index in [2.05, 4.69) is 10.6 Å². The molecule has 0 fully saturated rings. The lowest BCUT2D eigenvalue weighted by Gasteiger charge is -2.03. The molecule has 112 valence electrons. The van der Waals surface area contributed by atoms with Crippen LogP contribution in [0.25, 0.3) is 11.3 Å². The standard InChI is InChI=1S/C16H19FN2O2/c1-2-19-16(20)9-10-18-11-14-7-8-15(21-14)12-3-5-13(17)6-4-12/h3-8,18H,2,9-11H2,1H3,(H,19,20). The molecule has 0 aliphatic heterocycles. The highest BCUT2D eigenvalue weighted by Gasteiger charge is 2.05. The van der Waals surface area contributed by atoms with Crippen LogP contribution in [0.3, 0.4) is 0 Å². The summed E-state index contributed by atoms with van der Waals surface area (Å²) in [6, 6.07) is 9.90. The van der Waals surface area contributed by atoms with Crippen molar-refractivity contribution in [1.82, 2.24) is 10.6 Å². The van der Waals surface area contributed by atoms with E-state index >= 15 is 0 Å². The number of amides is 1. The molecule has 0 saturated heterocycles. The predicted molar refractivity (Wildman–Crippen MR) is 79.1 cm³/mol. The van der Waals surface area contributed by atoms with Crippen LogP contribution in [0.4, 0.5) is 4.39 Å². The second kappa shape index (κ2) is 7.59. The van der Waals surface area contributed by atoms with Crippen molar-refractivity contribution in [3.05, 3.63) is 48.0 Å². The van der Waals surface area contributed by atoms with Gasteiger partial charge in [-0.3, -0.25) is 4.79 Å². The summed E-state index contributed by atoms with van der Waals surface area (Å²) < 4.78 is 18.5. The molecule has 1 amide bonds. The maximum absolute atomic E-state index is 12.9. The Balaban J connectivity index is 1.81. The first-order valence-electron chi connectivity index (χ1n) is 7.01. The van der Waals surface area contributed by atoms with Gasteiger partial charge in [-0.05, 0) is 43.3 Å². The lowest BCUT2D eigenvalue weighted by Crippen LogP contribution is -2.27. The maximum atomic E-state index is 12.9. The molecule has 0 aliphatic carbocycles. The van der Waals surface area contributed by atoms with Gasteiger partial charge >= 0.3 is 0 Å². The van der Waals surface area contributed by atoms with Gasteiger partial charge in [0.2, 0.25) is 5.91 Å². The van der Waals surface area contributed by atoms with Gasteiger partial charge < -0.3 is 15.1 Å². The van der Waals surface area contributed by atoms with E-state index in [4.69, 9.17) is 4.42 Å². The molecule has 1 heterocycles. The average molecular weight is 290 g/mol. The highest BCUT2D eigenvalue weighted by Crippen LogP contribution is 2.22. The SMILES string of the molecule is CCNC(=O)CCNCc1ccc(-c2ccc(F)cc2)o1. The molecule has 0 aliphatic rings.